The molecule has 0 atom stereocenters. The first-order chi connectivity index (χ1) is 11.2. The second-order valence-electron chi connectivity index (χ2n) is 5.02. The minimum absolute atomic E-state index is 0.220. The van der Waals surface area contributed by atoms with E-state index in [9.17, 15) is 10.0 Å². The molecule has 0 spiro atoms. The lowest BCUT2D eigenvalue weighted by molar-refractivity contribution is -0.265. The van der Waals surface area contributed by atoms with E-state index in [0.717, 1.165) is 16.7 Å². The standard InChI is InChI=1S/C17H16N2O4/c1-2-5-16(20)19(21)23-13-10-8-12(9-11-13)17-18-14-6-3-4-7-15(14)22-17/h3-4,6-11,21H,2,5H2,1H3. The van der Waals surface area contributed by atoms with Gasteiger partial charge >= 0.3 is 0 Å². The highest BCUT2D eigenvalue weighted by molar-refractivity contribution is 5.76. The predicted octanol–water partition coefficient (Wildman–Crippen LogP) is 3.81. The summed E-state index contributed by atoms with van der Waals surface area (Å²) in [5, 5.41) is 9.78. The van der Waals surface area contributed by atoms with Crippen LogP contribution in [0.25, 0.3) is 22.6 Å². The average Bonchev–Trinajstić information content (AvgIpc) is 2.99. The normalized spacial score (nSPS) is 10.7. The van der Waals surface area contributed by atoms with Gasteiger partial charge in [-0.2, -0.15) is 0 Å². The zero-order chi connectivity index (χ0) is 16.2. The molecule has 0 radical (unpaired) electrons. The highest BCUT2D eigenvalue weighted by Gasteiger charge is 2.13. The third-order valence-electron chi connectivity index (χ3n) is 3.26. The van der Waals surface area contributed by atoms with Crippen LogP contribution in [0.2, 0.25) is 0 Å². The summed E-state index contributed by atoms with van der Waals surface area (Å²) in [6.07, 6.45) is 0.855. The van der Waals surface area contributed by atoms with E-state index in [-0.39, 0.29) is 11.6 Å². The molecular formula is C17H16N2O4. The molecule has 23 heavy (non-hydrogen) atoms. The molecule has 0 saturated heterocycles. The largest absolute Gasteiger partial charge is 0.436 e. The molecule has 3 rings (SSSR count). The Morgan fingerprint density at radius 1 is 1.22 bits per heavy atom. The lowest BCUT2D eigenvalue weighted by Gasteiger charge is -2.14. The van der Waals surface area contributed by atoms with Crippen molar-refractivity contribution in [2.24, 2.45) is 0 Å². The summed E-state index contributed by atoms with van der Waals surface area (Å²) in [5.74, 6) is 0.355. The van der Waals surface area contributed by atoms with E-state index in [1.807, 2.05) is 31.2 Å². The highest BCUT2D eigenvalue weighted by atomic mass is 16.9. The van der Waals surface area contributed by atoms with Gasteiger partial charge in [-0.15, -0.1) is 0 Å². The van der Waals surface area contributed by atoms with Crippen LogP contribution in [0.15, 0.2) is 52.9 Å². The smallest absolute Gasteiger partial charge is 0.284 e. The average molecular weight is 312 g/mol. The number of aromatic nitrogens is 1. The summed E-state index contributed by atoms with van der Waals surface area (Å²) < 4.78 is 5.68. The van der Waals surface area contributed by atoms with E-state index in [4.69, 9.17) is 9.25 Å². The molecule has 1 amide bonds. The van der Waals surface area contributed by atoms with Crippen LogP contribution in [-0.4, -0.2) is 21.3 Å². The predicted molar refractivity (Wildman–Crippen MR) is 83.6 cm³/mol. The lowest BCUT2D eigenvalue weighted by Crippen LogP contribution is -2.30. The van der Waals surface area contributed by atoms with Crippen LogP contribution in [-0.2, 0) is 4.79 Å². The van der Waals surface area contributed by atoms with Crippen LogP contribution in [0.1, 0.15) is 19.8 Å². The van der Waals surface area contributed by atoms with Gasteiger partial charge < -0.3 is 9.25 Å². The molecule has 1 aromatic heterocycles. The van der Waals surface area contributed by atoms with Crippen molar-refractivity contribution in [2.45, 2.75) is 19.8 Å². The Bertz CT molecular complexity index is 778. The summed E-state index contributed by atoms with van der Waals surface area (Å²) in [5.41, 5.74) is 2.28. The van der Waals surface area contributed by atoms with Gasteiger partial charge in [-0.1, -0.05) is 19.1 Å². The molecule has 0 bridgehead atoms. The van der Waals surface area contributed by atoms with Crippen LogP contribution in [0.5, 0.6) is 5.75 Å². The summed E-state index contributed by atoms with van der Waals surface area (Å²) in [4.78, 5) is 20.9. The maximum atomic E-state index is 11.5. The Balaban J connectivity index is 1.75. The maximum absolute atomic E-state index is 11.5. The number of para-hydroxylation sites is 2. The number of oxazole rings is 1. The van der Waals surface area contributed by atoms with E-state index in [0.29, 0.717) is 18.1 Å². The molecular weight excluding hydrogens is 296 g/mol. The zero-order valence-electron chi connectivity index (χ0n) is 12.6. The second-order valence-corrected chi connectivity index (χ2v) is 5.02. The van der Waals surface area contributed by atoms with Crippen LogP contribution in [0, 0.1) is 0 Å². The SMILES string of the molecule is CCCC(=O)N(O)Oc1ccc(-c2nc3ccccc3o2)cc1. The number of carbonyl (C=O) groups excluding carboxylic acids is 1. The summed E-state index contributed by atoms with van der Waals surface area (Å²) in [6, 6.07) is 14.3. The molecule has 0 unspecified atom stereocenters. The molecule has 0 saturated carbocycles. The first kappa shape index (κ1) is 15.1. The van der Waals surface area contributed by atoms with Crippen molar-refractivity contribution < 1.29 is 19.3 Å². The molecule has 0 fully saturated rings. The van der Waals surface area contributed by atoms with Gasteiger partial charge in [0.2, 0.25) is 5.89 Å². The van der Waals surface area contributed by atoms with Gasteiger partial charge in [-0.25, -0.2) is 4.98 Å². The minimum Gasteiger partial charge on any atom is -0.436 e. The van der Waals surface area contributed by atoms with Gasteiger partial charge in [0, 0.05) is 12.0 Å². The van der Waals surface area contributed by atoms with E-state index < -0.39 is 5.91 Å². The number of hydrogen-bond acceptors (Lipinski definition) is 5. The van der Waals surface area contributed by atoms with Gasteiger partial charge in [0.1, 0.15) is 5.52 Å². The van der Waals surface area contributed by atoms with Gasteiger partial charge in [-0.05, 0) is 48.0 Å². The molecule has 0 aliphatic carbocycles. The fourth-order valence-corrected chi connectivity index (χ4v) is 2.11. The minimum atomic E-state index is -0.490. The first-order valence-electron chi connectivity index (χ1n) is 7.33. The Morgan fingerprint density at radius 3 is 2.65 bits per heavy atom. The number of hydroxylamine groups is 2. The third kappa shape index (κ3) is 3.32. The fourth-order valence-electron chi connectivity index (χ4n) is 2.11. The molecule has 1 N–H and O–H groups in total. The van der Waals surface area contributed by atoms with E-state index in [1.165, 1.54) is 0 Å². The van der Waals surface area contributed by atoms with Crippen molar-refractivity contribution >= 4 is 17.0 Å². The van der Waals surface area contributed by atoms with E-state index >= 15 is 0 Å². The van der Waals surface area contributed by atoms with E-state index in [1.54, 1.807) is 24.3 Å². The molecule has 2 aromatic carbocycles. The molecule has 6 nitrogen and oxygen atoms in total. The number of carbonyl (C=O) groups is 1. The van der Waals surface area contributed by atoms with Crippen molar-refractivity contribution in [3.63, 3.8) is 0 Å². The lowest BCUT2D eigenvalue weighted by atomic mass is 10.2. The molecule has 118 valence electrons. The Kier molecular flexibility index (Phi) is 4.25. The summed E-state index contributed by atoms with van der Waals surface area (Å²) in [7, 11) is 0. The number of nitrogens with zero attached hydrogens (tertiary/aromatic N) is 2. The van der Waals surface area contributed by atoms with Crippen molar-refractivity contribution in [1.82, 2.24) is 10.2 Å². The molecule has 6 heteroatoms. The van der Waals surface area contributed by atoms with E-state index in [2.05, 4.69) is 4.98 Å². The third-order valence-corrected chi connectivity index (χ3v) is 3.26. The van der Waals surface area contributed by atoms with Gasteiger partial charge in [0.05, 0.1) is 0 Å². The molecule has 0 aliphatic rings. The van der Waals surface area contributed by atoms with Crippen molar-refractivity contribution in [3.8, 4) is 17.2 Å². The van der Waals surface area contributed by atoms with Crippen molar-refractivity contribution in [2.75, 3.05) is 0 Å². The topological polar surface area (TPSA) is 75.8 Å². The Morgan fingerprint density at radius 2 is 1.96 bits per heavy atom. The number of amides is 1. The zero-order valence-corrected chi connectivity index (χ0v) is 12.6. The van der Waals surface area contributed by atoms with Crippen molar-refractivity contribution in [3.05, 3.63) is 48.5 Å². The first-order valence-corrected chi connectivity index (χ1v) is 7.33. The molecule has 3 aromatic rings. The maximum Gasteiger partial charge on any atom is 0.284 e. The molecule has 1 heterocycles. The van der Waals surface area contributed by atoms with Crippen LogP contribution < -0.4 is 4.84 Å². The number of rotatable bonds is 5. The quantitative estimate of drug-likeness (QED) is 0.573. The fraction of sp³-hybridized carbons (Fsp3) is 0.176. The monoisotopic (exact) mass is 312 g/mol. The van der Waals surface area contributed by atoms with Crippen molar-refractivity contribution in [1.29, 1.82) is 0 Å². The number of fused-ring (bicyclic) bond motifs is 1. The van der Waals surface area contributed by atoms with Gasteiger partial charge in [-0.3, -0.25) is 10.0 Å². The van der Waals surface area contributed by atoms with Crippen LogP contribution in [0.4, 0.5) is 0 Å². The summed E-state index contributed by atoms with van der Waals surface area (Å²) >= 11 is 0. The highest BCUT2D eigenvalue weighted by Crippen LogP contribution is 2.25. The van der Waals surface area contributed by atoms with Gasteiger partial charge in [0.15, 0.2) is 11.3 Å². The number of hydrogen-bond donors (Lipinski definition) is 1. The van der Waals surface area contributed by atoms with Gasteiger partial charge in [0.25, 0.3) is 5.91 Å². The summed E-state index contributed by atoms with van der Waals surface area (Å²) in [6.45, 7) is 1.85. The Hall–Kier alpha value is -2.86. The number of benzene rings is 2. The van der Waals surface area contributed by atoms with Crippen LogP contribution in [0.3, 0.4) is 0 Å². The second kappa shape index (κ2) is 6.50. The molecule has 0 aliphatic heterocycles. The Labute approximate surface area is 132 Å². The van der Waals surface area contributed by atoms with Crippen LogP contribution >= 0.6 is 0 Å².